The van der Waals surface area contributed by atoms with Crippen molar-refractivity contribution >= 4 is 0 Å². The molecule has 2 aromatic rings. The highest BCUT2D eigenvalue weighted by atomic mass is 14.2. The van der Waals surface area contributed by atoms with Crippen molar-refractivity contribution in [1.82, 2.24) is 0 Å². The molecule has 0 atom stereocenters. The van der Waals surface area contributed by atoms with E-state index >= 15 is 0 Å². The SMILES string of the molecule is Cc1ccccc1C(C)(C)C.Cc1ccccc1C(C)(C)C. The first-order valence-corrected chi connectivity index (χ1v) is 8.15. The van der Waals surface area contributed by atoms with E-state index in [2.05, 4.69) is 104 Å². The molecular formula is C22H32. The second-order valence-corrected chi connectivity index (χ2v) is 8.13. The first-order chi connectivity index (χ1) is 10.0. The van der Waals surface area contributed by atoms with Crippen LogP contribution in [-0.4, -0.2) is 0 Å². The third kappa shape index (κ3) is 5.33. The fourth-order valence-corrected chi connectivity index (χ4v) is 2.83. The summed E-state index contributed by atoms with van der Waals surface area (Å²) < 4.78 is 0. The lowest BCUT2D eigenvalue weighted by molar-refractivity contribution is 0.586. The maximum absolute atomic E-state index is 2.25. The predicted molar refractivity (Wildman–Crippen MR) is 99.8 cm³/mol. The van der Waals surface area contributed by atoms with Crippen LogP contribution in [0.5, 0.6) is 0 Å². The van der Waals surface area contributed by atoms with Gasteiger partial charge in [0, 0.05) is 0 Å². The summed E-state index contributed by atoms with van der Waals surface area (Å²) in [7, 11) is 0. The van der Waals surface area contributed by atoms with E-state index in [1.54, 1.807) is 0 Å². The van der Waals surface area contributed by atoms with Crippen molar-refractivity contribution in [2.24, 2.45) is 0 Å². The number of rotatable bonds is 0. The molecule has 0 saturated heterocycles. The second kappa shape index (κ2) is 7.13. The molecule has 0 aromatic heterocycles. The molecule has 0 unspecified atom stereocenters. The molecule has 0 heterocycles. The van der Waals surface area contributed by atoms with Gasteiger partial charge in [-0.05, 0) is 46.9 Å². The van der Waals surface area contributed by atoms with Crippen LogP contribution < -0.4 is 0 Å². The molecule has 2 rings (SSSR count). The molecule has 0 nitrogen and oxygen atoms in total. The third-order valence-electron chi connectivity index (χ3n) is 3.91. The average molecular weight is 296 g/mol. The summed E-state index contributed by atoms with van der Waals surface area (Å²) >= 11 is 0. The van der Waals surface area contributed by atoms with E-state index in [9.17, 15) is 0 Å². The molecular weight excluding hydrogens is 264 g/mol. The van der Waals surface area contributed by atoms with Crippen molar-refractivity contribution in [2.75, 3.05) is 0 Å². The zero-order valence-corrected chi connectivity index (χ0v) is 15.6. The van der Waals surface area contributed by atoms with Gasteiger partial charge in [-0.2, -0.15) is 0 Å². The van der Waals surface area contributed by atoms with Gasteiger partial charge in [-0.15, -0.1) is 0 Å². The molecule has 0 aliphatic rings. The predicted octanol–water partition coefficient (Wildman–Crippen LogP) is 6.59. The normalized spacial score (nSPS) is 11.6. The van der Waals surface area contributed by atoms with Gasteiger partial charge in [0.05, 0.1) is 0 Å². The number of aryl methyl sites for hydroxylation is 2. The molecule has 0 saturated carbocycles. The van der Waals surface area contributed by atoms with Crippen molar-refractivity contribution in [1.29, 1.82) is 0 Å². The van der Waals surface area contributed by atoms with Gasteiger partial charge in [0.1, 0.15) is 0 Å². The molecule has 22 heavy (non-hydrogen) atoms. The minimum absolute atomic E-state index is 0.283. The highest BCUT2D eigenvalue weighted by molar-refractivity contribution is 5.32. The van der Waals surface area contributed by atoms with Gasteiger partial charge < -0.3 is 0 Å². The van der Waals surface area contributed by atoms with Crippen molar-refractivity contribution in [3.05, 3.63) is 70.8 Å². The van der Waals surface area contributed by atoms with Crippen LogP contribution >= 0.6 is 0 Å². The Bertz CT molecular complexity index is 536. The Kier molecular flexibility index (Phi) is 6.00. The number of hydrogen-bond acceptors (Lipinski definition) is 0. The van der Waals surface area contributed by atoms with Crippen molar-refractivity contribution in [3.8, 4) is 0 Å². The summed E-state index contributed by atoms with van der Waals surface area (Å²) in [6.07, 6.45) is 0. The summed E-state index contributed by atoms with van der Waals surface area (Å²) in [5, 5.41) is 0. The van der Waals surface area contributed by atoms with E-state index in [1.165, 1.54) is 22.3 Å². The second-order valence-electron chi connectivity index (χ2n) is 8.13. The average Bonchev–Trinajstić information content (AvgIpc) is 2.37. The largest absolute Gasteiger partial charge is 0.0620 e. The van der Waals surface area contributed by atoms with Gasteiger partial charge in [-0.25, -0.2) is 0 Å². The van der Waals surface area contributed by atoms with Crippen LogP contribution in [0, 0.1) is 13.8 Å². The number of benzene rings is 2. The van der Waals surface area contributed by atoms with Gasteiger partial charge in [0.25, 0.3) is 0 Å². The Morgan fingerprint density at radius 2 is 0.773 bits per heavy atom. The van der Waals surface area contributed by atoms with Crippen LogP contribution in [0.3, 0.4) is 0 Å². The fraction of sp³-hybridized carbons (Fsp3) is 0.455. The Balaban J connectivity index is 0.000000220. The summed E-state index contributed by atoms with van der Waals surface area (Å²) in [4.78, 5) is 0. The third-order valence-corrected chi connectivity index (χ3v) is 3.91. The van der Waals surface area contributed by atoms with Crippen LogP contribution in [0.15, 0.2) is 48.5 Å². The van der Waals surface area contributed by atoms with Gasteiger partial charge in [0.2, 0.25) is 0 Å². The zero-order valence-electron chi connectivity index (χ0n) is 15.6. The van der Waals surface area contributed by atoms with E-state index < -0.39 is 0 Å². The summed E-state index contributed by atoms with van der Waals surface area (Å²) in [5.74, 6) is 0. The highest BCUT2D eigenvalue weighted by Gasteiger charge is 2.15. The van der Waals surface area contributed by atoms with E-state index in [1.807, 2.05) is 0 Å². The molecule has 120 valence electrons. The van der Waals surface area contributed by atoms with E-state index in [4.69, 9.17) is 0 Å². The molecule has 2 aromatic carbocycles. The maximum Gasteiger partial charge on any atom is -0.0129 e. The minimum atomic E-state index is 0.283. The Labute approximate surface area is 137 Å². The molecule has 0 bridgehead atoms. The van der Waals surface area contributed by atoms with Crippen LogP contribution in [0.4, 0.5) is 0 Å². The van der Waals surface area contributed by atoms with E-state index in [-0.39, 0.29) is 10.8 Å². The molecule has 0 aliphatic heterocycles. The monoisotopic (exact) mass is 296 g/mol. The van der Waals surface area contributed by atoms with Crippen molar-refractivity contribution in [3.63, 3.8) is 0 Å². The van der Waals surface area contributed by atoms with Crippen LogP contribution in [0.2, 0.25) is 0 Å². The molecule has 0 fully saturated rings. The smallest absolute Gasteiger partial charge is 0.0129 e. The van der Waals surface area contributed by atoms with Crippen LogP contribution in [0.1, 0.15) is 63.8 Å². The standard InChI is InChI=1S/2C11H16/c2*1-9-7-5-6-8-10(9)11(2,3)4/h2*5-8H,1-4H3. The Morgan fingerprint density at radius 1 is 0.500 bits per heavy atom. The van der Waals surface area contributed by atoms with Crippen molar-refractivity contribution in [2.45, 2.75) is 66.2 Å². The summed E-state index contributed by atoms with van der Waals surface area (Å²) in [6.45, 7) is 17.8. The topological polar surface area (TPSA) is 0 Å². The molecule has 0 radical (unpaired) electrons. The lowest BCUT2D eigenvalue weighted by atomic mass is 9.84. The highest BCUT2D eigenvalue weighted by Crippen LogP contribution is 2.25. The first kappa shape index (κ1) is 18.5. The Morgan fingerprint density at radius 3 is 0.955 bits per heavy atom. The fourth-order valence-electron chi connectivity index (χ4n) is 2.83. The van der Waals surface area contributed by atoms with Gasteiger partial charge >= 0.3 is 0 Å². The molecule has 0 heteroatoms. The minimum Gasteiger partial charge on any atom is -0.0620 e. The molecule has 0 amide bonds. The van der Waals surface area contributed by atoms with Crippen molar-refractivity contribution < 1.29 is 0 Å². The summed E-state index contributed by atoms with van der Waals surface area (Å²) in [6, 6.07) is 17.1. The molecule has 0 spiro atoms. The zero-order chi connectivity index (χ0) is 17.0. The van der Waals surface area contributed by atoms with Crippen LogP contribution in [0.25, 0.3) is 0 Å². The Hall–Kier alpha value is -1.56. The summed E-state index contributed by atoms with van der Waals surface area (Å²) in [5.41, 5.74) is 6.23. The van der Waals surface area contributed by atoms with E-state index in [0.717, 1.165) is 0 Å². The van der Waals surface area contributed by atoms with Gasteiger partial charge in [-0.3, -0.25) is 0 Å². The molecule has 0 N–H and O–H groups in total. The molecule has 0 aliphatic carbocycles. The van der Waals surface area contributed by atoms with Gasteiger partial charge in [0.15, 0.2) is 0 Å². The lowest BCUT2D eigenvalue weighted by Gasteiger charge is -2.21. The lowest BCUT2D eigenvalue weighted by Crippen LogP contribution is -2.12. The van der Waals surface area contributed by atoms with Gasteiger partial charge in [-0.1, -0.05) is 90.1 Å². The number of hydrogen-bond donors (Lipinski definition) is 0. The van der Waals surface area contributed by atoms with Crippen LogP contribution in [-0.2, 0) is 10.8 Å². The first-order valence-electron chi connectivity index (χ1n) is 8.15. The van der Waals surface area contributed by atoms with E-state index in [0.29, 0.717) is 0 Å². The maximum atomic E-state index is 2.25. The quantitative estimate of drug-likeness (QED) is 0.514.